The van der Waals surface area contributed by atoms with Gasteiger partial charge in [-0.05, 0) is 43.7 Å². The van der Waals surface area contributed by atoms with Gasteiger partial charge >= 0.3 is 0 Å². The fourth-order valence-electron chi connectivity index (χ4n) is 2.71. The molecule has 1 nitrogen and oxygen atoms in total. The summed E-state index contributed by atoms with van der Waals surface area (Å²) in [6.45, 7) is 3.42. The van der Waals surface area contributed by atoms with Crippen LogP contribution in [0.2, 0.25) is 0 Å². The molecule has 1 heteroatoms. The third-order valence-electron chi connectivity index (χ3n) is 3.81. The summed E-state index contributed by atoms with van der Waals surface area (Å²) in [6, 6.07) is 11.4. The zero-order chi connectivity index (χ0) is 12.6. The molecule has 0 fully saturated rings. The molecule has 18 heavy (non-hydrogen) atoms. The lowest BCUT2D eigenvalue weighted by Crippen LogP contribution is -2.28. The number of rotatable bonds is 6. The summed E-state index contributed by atoms with van der Waals surface area (Å²) in [5, 5.41) is 3.77. The molecule has 0 spiro atoms. The maximum absolute atomic E-state index is 3.77. The van der Waals surface area contributed by atoms with Crippen molar-refractivity contribution >= 4 is 0 Å². The fourth-order valence-corrected chi connectivity index (χ4v) is 2.71. The average molecular weight is 243 g/mol. The molecule has 0 aromatic heterocycles. The second-order valence-electron chi connectivity index (χ2n) is 5.31. The molecule has 1 aliphatic rings. The second-order valence-corrected chi connectivity index (χ2v) is 5.31. The third kappa shape index (κ3) is 3.99. The zero-order valence-corrected chi connectivity index (χ0v) is 11.4. The molecule has 1 aromatic carbocycles. The number of hydrogen-bond acceptors (Lipinski definition) is 1. The van der Waals surface area contributed by atoms with E-state index < -0.39 is 0 Å². The Labute approximate surface area is 111 Å². The Morgan fingerprint density at radius 1 is 1.22 bits per heavy atom. The monoisotopic (exact) mass is 243 g/mol. The van der Waals surface area contributed by atoms with E-state index in [4.69, 9.17) is 0 Å². The van der Waals surface area contributed by atoms with Crippen LogP contribution in [-0.4, -0.2) is 6.54 Å². The van der Waals surface area contributed by atoms with Gasteiger partial charge in [-0.15, -0.1) is 0 Å². The molecule has 2 rings (SSSR count). The highest BCUT2D eigenvalue weighted by Gasteiger charge is 2.14. The molecule has 0 radical (unpaired) electrons. The van der Waals surface area contributed by atoms with E-state index >= 15 is 0 Å². The van der Waals surface area contributed by atoms with Crippen LogP contribution < -0.4 is 5.32 Å². The van der Waals surface area contributed by atoms with Crippen molar-refractivity contribution in [3.8, 4) is 0 Å². The van der Waals surface area contributed by atoms with E-state index in [9.17, 15) is 0 Å². The Bertz CT molecular complexity index is 355. The first-order valence-corrected chi connectivity index (χ1v) is 7.33. The summed E-state index contributed by atoms with van der Waals surface area (Å²) in [6.07, 6.45) is 11.0. The van der Waals surface area contributed by atoms with Gasteiger partial charge < -0.3 is 5.32 Å². The van der Waals surface area contributed by atoms with Gasteiger partial charge in [0.05, 0.1) is 0 Å². The predicted molar refractivity (Wildman–Crippen MR) is 78.6 cm³/mol. The Hall–Kier alpha value is -1.08. The van der Waals surface area contributed by atoms with Crippen LogP contribution in [0.4, 0.5) is 0 Å². The van der Waals surface area contributed by atoms with Gasteiger partial charge in [0, 0.05) is 6.04 Å². The first kappa shape index (κ1) is 13.4. The first-order valence-electron chi connectivity index (χ1n) is 7.33. The summed E-state index contributed by atoms with van der Waals surface area (Å²) < 4.78 is 0. The summed E-state index contributed by atoms with van der Waals surface area (Å²) >= 11 is 0. The standard InChI is InChI=1S/C17H25N/c1-2-9-17(16-12-7-4-8-13-16)18-14-15-10-5-3-6-11-15/h3-5,7-8,12-13,15,17-18H,2,6,9-11,14H2,1H3. The van der Waals surface area contributed by atoms with Crippen molar-refractivity contribution < 1.29 is 0 Å². The summed E-state index contributed by atoms with van der Waals surface area (Å²) in [5.41, 5.74) is 1.44. The molecule has 2 atom stereocenters. The number of nitrogens with one attached hydrogen (secondary N) is 1. The van der Waals surface area contributed by atoms with E-state index in [1.807, 2.05) is 0 Å². The number of hydrogen-bond donors (Lipinski definition) is 1. The van der Waals surface area contributed by atoms with Gasteiger partial charge in [-0.3, -0.25) is 0 Å². The highest BCUT2D eigenvalue weighted by Crippen LogP contribution is 2.21. The highest BCUT2D eigenvalue weighted by molar-refractivity contribution is 5.18. The summed E-state index contributed by atoms with van der Waals surface area (Å²) in [4.78, 5) is 0. The molecule has 1 aliphatic carbocycles. The molecule has 0 aliphatic heterocycles. The fraction of sp³-hybridized carbons (Fsp3) is 0.529. The van der Waals surface area contributed by atoms with Crippen LogP contribution in [0.3, 0.4) is 0 Å². The molecular formula is C17H25N. The lowest BCUT2D eigenvalue weighted by atomic mass is 9.93. The number of allylic oxidation sites excluding steroid dienone is 2. The van der Waals surface area contributed by atoms with Crippen molar-refractivity contribution in [3.63, 3.8) is 0 Å². The average Bonchev–Trinajstić information content (AvgIpc) is 2.45. The zero-order valence-electron chi connectivity index (χ0n) is 11.4. The smallest absolute Gasteiger partial charge is 0.0320 e. The molecule has 98 valence electrons. The first-order chi connectivity index (χ1) is 8.90. The molecule has 0 bridgehead atoms. The van der Waals surface area contributed by atoms with E-state index in [0.29, 0.717) is 6.04 Å². The minimum Gasteiger partial charge on any atom is -0.310 e. The maximum Gasteiger partial charge on any atom is 0.0320 e. The minimum absolute atomic E-state index is 0.530. The van der Waals surface area contributed by atoms with E-state index in [-0.39, 0.29) is 0 Å². The lowest BCUT2D eigenvalue weighted by Gasteiger charge is -2.24. The topological polar surface area (TPSA) is 12.0 Å². The molecular weight excluding hydrogens is 218 g/mol. The van der Waals surface area contributed by atoms with Crippen LogP contribution in [0.1, 0.15) is 50.6 Å². The maximum atomic E-state index is 3.77. The normalized spacial score (nSPS) is 20.8. The molecule has 1 aromatic rings. The van der Waals surface area contributed by atoms with Crippen LogP contribution in [0.25, 0.3) is 0 Å². The van der Waals surface area contributed by atoms with Crippen molar-refractivity contribution in [1.82, 2.24) is 5.32 Å². The van der Waals surface area contributed by atoms with Gasteiger partial charge in [0.1, 0.15) is 0 Å². The largest absolute Gasteiger partial charge is 0.310 e. The van der Waals surface area contributed by atoms with Gasteiger partial charge in [-0.1, -0.05) is 55.8 Å². The van der Waals surface area contributed by atoms with Crippen LogP contribution >= 0.6 is 0 Å². The molecule has 0 saturated heterocycles. The van der Waals surface area contributed by atoms with Gasteiger partial charge in [-0.2, -0.15) is 0 Å². The van der Waals surface area contributed by atoms with Gasteiger partial charge in [0.2, 0.25) is 0 Å². The van der Waals surface area contributed by atoms with Crippen molar-refractivity contribution in [2.75, 3.05) is 6.54 Å². The Balaban J connectivity index is 1.88. The van der Waals surface area contributed by atoms with E-state index in [1.54, 1.807) is 0 Å². The van der Waals surface area contributed by atoms with E-state index in [2.05, 4.69) is 54.7 Å². The molecule has 0 amide bonds. The summed E-state index contributed by atoms with van der Waals surface area (Å²) in [7, 11) is 0. The van der Waals surface area contributed by atoms with Crippen LogP contribution in [0.5, 0.6) is 0 Å². The minimum atomic E-state index is 0.530. The van der Waals surface area contributed by atoms with Gasteiger partial charge in [-0.25, -0.2) is 0 Å². The van der Waals surface area contributed by atoms with Crippen molar-refractivity contribution in [2.45, 2.75) is 45.1 Å². The predicted octanol–water partition coefficient (Wildman–Crippen LogP) is 4.47. The van der Waals surface area contributed by atoms with Crippen molar-refractivity contribution in [1.29, 1.82) is 0 Å². The van der Waals surface area contributed by atoms with Crippen molar-refractivity contribution in [3.05, 3.63) is 48.0 Å². The molecule has 2 unspecified atom stereocenters. The second kappa shape index (κ2) is 7.38. The molecule has 0 saturated carbocycles. The Morgan fingerprint density at radius 3 is 2.72 bits per heavy atom. The summed E-state index contributed by atoms with van der Waals surface area (Å²) in [5.74, 6) is 0.832. The van der Waals surface area contributed by atoms with Gasteiger partial charge in [0.25, 0.3) is 0 Å². The highest BCUT2D eigenvalue weighted by atomic mass is 14.9. The Morgan fingerprint density at radius 2 is 2.06 bits per heavy atom. The quantitative estimate of drug-likeness (QED) is 0.727. The Kier molecular flexibility index (Phi) is 5.47. The van der Waals surface area contributed by atoms with Crippen LogP contribution in [-0.2, 0) is 0 Å². The van der Waals surface area contributed by atoms with Gasteiger partial charge in [0.15, 0.2) is 0 Å². The molecule has 1 N–H and O–H groups in total. The van der Waals surface area contributed by atoms with E-state index in [0.717, 1.165) is 12.5 Å². The van der Waals surface area contributed by atoms with E-state index in [1.165, 1.54) is 37.7 Å². The molecule has 0 heterocycles. The third-order valence-corrected chi connectivity index (χ3v) is 3.81. The lowest BCUT2D eigenvalue weighted by molar-refractivity contribution is 0.393. The van der Waals surface area contributed by atoms with Crippen LogP contribution in [0.15, 0.2) is 42.5 Å². The van der Waals surface area contributed by atoms with Crippen molar-refractivity contribution in [2.24, 2.45) is 5.92 Å². The van der Waals surface area contributed by atoms with Crippen LogP contribution in [0, 0.1) is 5.92 Å². The SMILES string of the molecule is CCCC(NCC1CC=CCC1)c1ccccc1. The number of benzene rings is 1.